The number of hydrogen-bond acceptors (Lipinski definition) is 1. The predicted octanol–water partition coefficient (Wildman–Crippen LogP) is 11.0. The maximum Gasteiger partial charge on any atom is 0.0867 e. The van der Waals surface area contributed by atoms with Gasteiger partial charge in [0.15, 0.2) is 0 Å². The van der Waals surface area contributed by atoms with Gasteiger partial charge < -0.3 is 5.73 Å². The molecule has 42 heavy (non-hydrogen) atoms. The number of rotatable bonds is 8. The van der Waals surface area contributed by atoms with Gasteiger partial charge in [0.05, 0.1) is 4.87 Å². The molecule has 0 spiro atoms. The molecule has 216 valence electrons. The molecule has 0 fully saturated rings. The molecular formula is C40H44ClN. The molecule has 2 aliphatic rings. The van der Waals surface area contributed by atoms with Crippen LogP contribution in [0.25, 0.3) is 27.8 Å². The zero-order valence-corrected chi connectivity index (χ0v) is 26.7. The molecule has 2 atom stereocenters. The van der Waals surface area contributed by atoms with Gasteiger partial charge in [-0.15, -0.1) is 11.6 Å². The Kier molecular flexibility index (Phi) is 8.65. The van der Waals surface area contributed by atoms with Gasteiger partial charge in [-0.1, -0.05) is 116 Å². The third kappa shape index (κ3) is 5.41. The maximum absolute atomic E-state index is 7.76. The van der Waals surface area contributed by atoms with Gasteiger partial charge in [0, 0.05) is 11.5 Å². The predicted molar refractivity (Wildman–Crippen MR) is 184 cm³/mol. The Bertz CT molecular complexity index is 1620. The number of allylic oxidation sites excluding steroid dienone is 9. The fourth-order valence-corrected chi connectivity index (χ4v) is 7.13. The second-order valence-corrected chi connectivity index (χ2v) is 13.0. The van der Waals surface area contributed by atoms with Crippen molar-refractivity contribution in [2.45, 2.75) is 71.2 Å². The van der Waals surface area contributed by atoms with Crippen molar-refractivity contribution in [3.8, 4) is 11.1 Å². The number of hydrogen-bond donors (Lipinski definition) is 1. The fourth-order valence-electron chi connectivity index (χ4n) is 6.82. The van der Waals surface area contributed by atoms with Crippen LogP contribution in [0.4, 0.5) is 0 Å². The molecule has 0 radical (unpaired) electrons. The van der Waals surface area contributed by atoms with E-state index in [-0.39, 0.29) is 5.92 Å². The van der Waals surface area contributed by atoms with E-state index in [1.54, 1.807) is 0 Å². The lowest BCUT2D eigenvalue weighted by atomic mass is 9.66. The smallest absolute Gasteiger partial charge is 0.0867 e. The Balaban J connectivity index is 1.70. The van der Waals surface area contributed by atoms with Crippen LogP contribution in [0.5, 0.6) is 0 Å². The van der Waals surface area contributed by atoms with Crippen LogP contribution in [-0.2, 0) is 0 Å². The lowest BCUT2D eigenvalue weighted by Gasteiger charge is -2.46. The van der Waals surface area contributed by atoms with Crippen molar-refractivity contribution in [1.29, 1.82) is 0 Å². The first kappa shape index (κ1) is 30.1. The molecule has 0 heterocycles. The topological polar surface area (TPSA) is 26.0 Å². The summed E-state index contributed by atoms with van der Waals surface area (Å²) >= 11 is 7.76. The number of halogens is 1. The van der Waals surface area contributed by atoms with Crippen LogP contribution in [0.3, 0.4) is 0 Å². The van der Waals surface area contributed by atoms with Crippen LogP contribution in [0, 0.1) is 12.8 Å². The van der Waals surface area contributed by atoms with Gasteiger partial charge in [0.25, 0.3) is 0 Å². The molecule has 0 saturated heterocycles. The largest absolute Gasteiger partial charge is 0.324 e. The Morgan fingerprint density at radius 1 is 0.929 bits per heavy atom. The molecule has 1 nitrogen and oxygen atoms in total. The second-order valence-electron chi connectivity index (χ2n) is 12.4. The molecule has 5 rings (SSSR count). The zero-order chi connectivity index (χ0) is 30.1. The fraction of sp³-hybridized carbons (Fsp3) is 0.300. The van der Waals surface area contributed by atoms with E-state index in [0.29, 0.717) is 0 Å². The SMILES string of the molecule is C/C=C(\C(C)=C/CC1=CC2=C(CC1C(Cl)(C=CCC)C(C)(C)N)c1ccccc1-c1cccc2c1C)c1ccccc1. The Hall–Kier alpha value is -3.39. The minimum Gasteiger partial charge on any atom is -0.324 e. The summed E-state index contributed by atoms with van der Waals surface area (Å²) in [6, 6.07) is 26.2. The average molecular weight is 574 g/mol. The van der Waals surface area contributed by atoms with Crippen LogP contribution in [-0.4, -0.2) is 10.4 Å². The summed E-state index contributed by atoms with van der Waals surface area (Å²) < 4.78 is 0. The van der Waals surface area contributed by atoms with E-state index < -0.39 is 10.4 Å². The van der Waals surface area contributed by atoms with E-state index in [1.165, 1.54) is 61.2 Å². The van der Waals surface area contributed by atoms with E-state index in [0.717, 1.165) is 19.3 Å². The number of benzene rings is 3. The monoisotopic (exact) mass is 573 g/mol. The van der Waals surface area contributed by atoms with Crippen molar-refractivity contribution in [1.82, 2.24) is 0 Å². The van der Waals surface area contributed by atoms with Gasteiger partial charge in [0.1, 0.15) is 0 Å². The van der Waals surface area contributed by atoms with Crippen molar-refractivity contribution < 1.29 is 0 Å². The van der Waals surface area contributed by atoms with Crippen molar-refractivity contribution >= 4 is 28.3 Å². The van der Waals surface area contributed by atoms with Gasteiger partial charge in [-0.2, -0.15) is 0 Å². The third-order valence-corrected chi connectivity index (χ3v) is 10.1. The highest BCUT2D eigenvalue weighted by molar-refractivity contribution is 6.27. The Labute approximate surface area is 258 Å². The molecule has 2 unspecified atom stereocenters. The number of alkyl halides is 1. The van der Waals surface area contributed by atoms with Crippen LogP contribution >= 0.6 is 11.6 Å². The summed E-state index contributed by atoms with van der Waals surface area (Å²) in [5.41, 5.74) is 20.7. The lowest BCUT2D eigenvalue weighted by Crippen LogP contribution is -2.56. The Morgan fingerprint density at radius 3 is 2.24 bits per heavy atom. The average Bonchev–Trinajstić information content (AvgIpc) is 3.03. The van der Waals surface area contributed by atoms with Gasteiger partial charge in [-0.05, 0) is 110 Å². The molecule has 2 N–H and O–H groups in total. The van der Waals surface area contributed by atoms with E-state index in [4.69, 9.17) is 17.3 Å². The van der Waals surface area contributed by atoms with Gasteiger partial charge in [-0.3, -0.25) is 0 Å². The summed E-state index contributed by atoms with van der Waals surface area (Å²) in [7, 11) is 0. The third-order valence-electron chi connectivity index (χ3n) is 9.21. The summed E-state index contributed by atoms with van der Waals surface area (Å²) in [6.45, 7) is 12.9. The minimum atomic E-state index is -0.757. The highest BCUT2D eigenvalue weighted by Gasteiger charge is 2.48. The summed E-state index contributed by atoms with van der Waals surface area (Å²) in [4.78, 5) is -0.757. The van der Waals surface area contributed by atoms with Crippen molar-refractivity contribution in [2.24, 2.45) is 11.7 Å². The van der Waals surface area contributed by atoms with E-state index in [9.17, 15) is 0 Å². The van der Waals surface area contributed by atoms with Crippen LogP contribution in [0.15, 0.2) is 114 Å². The molecule has 0 amide bonds. The van der Waals surface area contributed by atoms with E-state index >= 15 is 0 Å². The minimum absolute atomic E-state index is 0.0282. The lowest BCUT2D eigenvalue weighted by molar-refractivity contribution is 0.328. The highest BCUT2D eigenvalue weighted by Crippen LogP contribution is 2.53. The first-order valence-electron chi connectivity index (χ1n) is 15.3. The molecular weight excluding hydrogens is 530 g/mol. The normalized spacial score (nSPS) is 18.8. The maximum atomic E-state index is 7.76. The van der Waals surface area contributed by atoms with Crippen molar-refractivity contribution in [3.05, 3.63) is 137 Å². The standard InChI is InChI=1S/C40H44ClN/c1-7-9-24-40(41,39(5,6)42)38-26-37-35-19-14-13-18-34(35)32-20-15-21-33(28(32)4)36(37)25-30(38)23-22-27(3)31(8-2)29-16-11-10-12-17-29/h8-22,24-25,38H,7,23,26,42H2,1-6H3/b24-9?,27-22-,31-8+. The Morgan fingerprint density at radius 2 is 1.57 bits per heavy atom. The zero-order valence-electron chi connectivity index (χ0n) is 26.0. The molecule has 3 aromatic rings. The van der Waals surface area contributed by atoms with E-state index in [1.807, 2.05) is 0 Å². The first-order valence-corrected chi connectivity index (χ1v) is 15.7. The number of nitrogens with two attached hydrogens (primary N) is 1. The van der Waals surface area contributed by atoms with Gasteiger partial charge in [0.2, 0.25) is 0 Å². The van der Waals surface area contributed by atoms with Gasteiger partial charge >= 0.3 is 0 Å². The molecule has 2 heteroatoms. The molecule has 2 bridgehead atoms. The van der Waals surface area contributed by atoms with Crippen LogP contribution < -0.4 is 5.73 Å². The molecule has 0 aliphatic heterocycles. The van der Waals surface area contributed by atoms with Crippen molar-refractivity contribution in [2.75, 3.05) is 0 Å². The second kappa shape index (κ2) is 12.1. The number of fused-ring (bicyclic) bond motifs is 6. The van der Waals surface area contributed by atoms with Crippen molar-refractivity contribution in [3.63, 3.8) is 0 Å². The van der Waals surface area contributed by atoms with Crippen LogP contribution in [0.1, 0.15) is 76.1 Å². The summed E-state index contributed by atoms with van der Waals surface area (Å²) in [6.07, 6.45) is 14.0. The van der Waals surface area contributed by atoms with Crippen LogP contribution in [0.2, 0.25) is 0 Å². The molecule has 0 saturated carbocycles. The van der Waals surface area contributed by atoms with Gasteiger partial charge in [-0.25, -0.2) is 0 Å². The van der Waals surface area contributed by atoms with E-state index in [2.05, 4.69) is 145 Å². The first-order chi connectivity index (χ1) is 20.1. The summed E-state index contributed by atoms with van der Waals surface area (Å²) in [5.74, 6) is 0.0282. The highest BCUT2D eigenvalue weighted by atomic mass is 35.5. The molecule has 0 aromatic heterocycles. The summed E-state index contributed by atoms with van der Waals surface area (Å²) in [5, 5.41) is 0. The molecule has 3 aromatic carbocycles. The quantitative estimate of drug-likeness (QED) is 0.162. The molecule has 2 aliphatic carbocycles.